The number of hydrogen-bond donors (Lipinski definition) is 3. The van der Waals surface area contributed by atoms with E-state index in [9.17, 15) is 18.0 Å². The molecule has 130 valence electrons. The van der Waals surface area contributed by atoms with E-state index in [0.29, 0.717) is 16.8 Å². The lowest BCUT2D eigenvalue weighted by Gasteiger charge is -2.08. The minimum absolute atomic E-state index is 0.0707. The molecule has 0 radical (unpaired) electrons. The smallest absolute Gasteiger partial charge is 0.326 e. The van der Waals surface area contributed by atoms with E-state index in [2.05, 4.69) is 14.7 Å². The van der Waals surface area contributed by atoms with Crippen LogP contribution in [0.5, 0.6) is 5.75 Å². The van der Waals surface area contributed by atoms with E-state index < -0.39 is 28.2 Å². The maximum absolute atomic E-state index is 12.3. The van der Waals surface area contributed by atoms with E-state index in [0.717, 1.165) is 5.56 Å². The molecule has 3 rings (SSSR count). The van der Waals surface area contributed by atoms with E-state index in [-0.39, 0.29) is 4.90 Å². The van der Waals surface area contributed by atoms with Crippen LogP contribution < -0.4 is 15.1 Å². The second-order valence-corrected chi connectivity index (χ2v) is 7.17. The van der Waals surface area contributed by atoms with E-state index in [1.807, 2.05) is 13.0 Å². The van der Waals surface area contributed by atoms with Crippen molar-refractivity contribution in [2.75, 3.05) is 6.54 Å². The number of esters is 1. The third kappa shape index (κ3) is 3.95. The van der Waals surface area contributed by atoms with Gasteiger partial charge < -0.3 is 14.7 Å². The third-order valence-corrected chi connectivity index (χ3v) is 4.82. The zero-order chi connectivity index (χ0) is 18.0. The van der Waals surface area contributed by atoms with Gasteiger partial charge in [0.15, 0.2) is 0 Å². The van der Waals surface area contributed by atoms with Crippen LogP contribution in [0.4, 0.5) is 0 Å². The Hall–Kier alpha value is -2.91. The number of H-pyrrole nitrogens is 2. The second-order valence-electron chi connectivity index (χ2n) is 5.40. The van der Waals surface area contributed by atoms with Crippen LogP contribution in [0.25, 0.3) is 11.0 Å². The minimum Gasteiger partial charge on any atom is -0.426 e. The molecule has 9 heteroatoms. The molecule has 0 amide bonds. The molecule has 1 heterocycles. The quantitative estimate of drug-likeness (QED) is 0.463. The zero-order valence-electron chi connectivity index (χ0n) is 13.2. The highest BCUT2D eigenvalue weighted by Crippen LogP contribution is 2.15. The number of nitrogens with one attached hydrogen (secondary N) is 3. The molecule has 0 aliphatic carbocycles. The van der Waals surface area contributed by atoms with Crippen LogP contribution in [0.15, 0.2) is 52.2 Å². The minimum atomic E-state index is -3.92. The molecule has 8 nitrogen and oxygen atoms in total. The van der Waals surface area contributed by atoms with Crippen molar-refractivity contribution in [1.29, 1.82) is 0 Å². The number of ether oxygens (including phenoxy) is 1. The summed E-state index contributed by atoms with van der Waals surface area (Å²) in [5.41, 5.74) is 1.33. The lowest BCUT2D eigenvalue weighted by molar-refractivity contribution is -0.133. The lowest BCUT2D eigenvalue weighted by Crippen LogP contribution is -2.32. The molecule has 3 aromatic rings. The fourth-order valence-electron chi connectivity index (χ4n) is 2.26. The number of sulfonamides is 1. The van der Waals surface area contributed by atoms with Gasteiger partial charge >= 0.3 is 11.7 Å². The number of carbonyl (C=O) groups is 1. The fourth-order valence-corrected chi connectivity index (χ4v) is 3.26. The Balaban J connectivity index is 1.69. The predicted octanol–water partition coefficient (Wildman–Crippen LogP) is 1.05. The van der Waals surface area contributed by atoms with Crippen molar-refractivity contribution in [3.63, 3.8) is 0 Å². The molecule has 0 aliphatic rings. The maximum atomic E-state index is 12.3. The summed E-state index contributed by atoms with van der Waals surface area (Å²) in [4.78, 5) is 28.0. The summed E-state index contributed by atoms with van der Waals surface area (Å²) in [5, 5.41) is 0. The molecular weight excluding hydrogens is 346 g/mol. The van der Waals surface area contributed by atoms with Crippen LogP contribution in [0.2, 0.25) is 0 Å². The van der Waals surface area contributed by atoms with Crippen molar-refractivity contribution in [1.82, 2.24) is 14.7 Å². The van der Waals surface area contributed by atoms with Crippen molar-refractivity contribution in [3.05, 3.63) is 58.5 Å². The van der Waals surface area contributed by atoms with Gasteiger partial charge in [0.1, 0.15) is 12.3 Å². The fraction of sp³-hybridized carbons (Fsp3) is 0.125. The highest BCUT2D eigenvalue weighted by atomic mass is 32.2. The van der Waals surface area contributed by atoms with E-state index in [1.165, 1.54) is 18.2 Å². The number of aromatic nitrogens is 2. The van der Waals surface area contributed by atoms with Crippen LogP contribution in [-0.2, 0) is 14.8 Å². The standard InChI is InChI=1S/C16H15N3O5S/c1-10-3-2-4-11(7-10)24-15(20)9-17-25(22,23)12-5-6-13-14(8-12)19-16(21)18-13/h2-8,17H,9H2,1H3,(H2,18,19,21). The topological polar surface area (TPSA) is 121 Å². The Morgan fingerprint density at radius 3 is 2.64 bits per heavy atom. The summed E-state index contributed by atoms with van der Waals surface area (Å²) >= 11 is 0. The van der Waals surface area contributed by atoms with Gasteiger partial charge in [-0.15, -0.1) is 0 Å². The third-order valence-electron chi connectivity index (χ3n) is 3.43. The van der Waals surface area contributed by atoms with Gasteiger partial charge in [0.05, 0.1) is 15.9 Å². The summed E-state index contributed by atoms with van der Waals surface area (Å²) in [6, 6.07) is 11.0. The number of aromatic amines is 2. The first-order valence-corrected chi connectivity index (χ1v) is 8.81. The summed E-state index contributed by atoms with van der Waals surface area (Å²) in [6.45, 7) is 1.33. The number of fused-ring (bicyclic) bond motifs is 1. The summed E-state index contributed by atoms with van der Waals surface area (Å²) < 4.78 is 31.8. The van der Waals surface area contributed by atoms with Gasteiger partial charge in [-0.1, -0.05) is 12.1 Å². The molecule has 0 aliphatic heterocycles. The molecule has 3 N–H and O–H groups in total. The van der Waals surface area contributed by atoms with Gasteiger partial charge in [-0.3, -0.25) is 4.79 Å². The van der Waals surface area contributed by atoms with Crippen molar-refractivity contribution in [3.8, 4) is 5.75 Å². The lowest BCUT2D eigenvalue weighted by atomic mass is 10.2. The molecule has 0 saturated carbocycles. The van der Waals surface area contributed by atoms with Crippen LogP contribution in [0, 0.1) is 6.92 Å². The van der Waals surface area contributed by atoms with E-state index in [1.54, 1.807) is 18.2 Å². The van der Waals surface area contributed by atoms with Crippen LogP contribution >= 0.6 is 0 Å². The van der Waals surface area contributed by atoms with Gasteiger partial charge in [-0.05, 0) is 42.8 Å². The van der Waals surface area contributed by atoms with Crippen molar-refractivity contribution in [2.45, 2.75) is 11.8 Å². The van der Waals surface area contributed by atoms with E-state index >= 15 is 0 Å². The second kappa shape index (κ2) is 6.54. The molecule has 0 spiro atoms. The van der Waals surface area contributed by atoms with Gasteiger partial charge in [0.2, 0.25) is 10.0 Å². The number of carbonyl (C=O) groups excluding carboxylic acids is 1. The van der Waals surface area contributed by atoms with Crippen LogP contribution in [0.3, 0.4) is 0 Å². The average Bonchev–Trinajstić information content (AvgIpc) is 2.92. The first-order valence-electron chi connectivity index (χ1n) is 7.32. The van der Waals surface area contributed by atoms with Gasteiger partial charge in [-0.2, -0.15) is 4.72 Å². The van der Waals surface area contributed by atoms with Crippen LogP contribution in [-0.4, -0.2) is 30.9 Å². The summed E-state index contributed by atoms with van der Waals surface area (Å²) in [7, 11) is -3.92. The largest absolute Gasteiger partial charge is 0.426 e. The molecular formula is C16H15N3O5S. The summed E-state index contributed by atoms with van der Waals surface area (Å²) in [6.07, 6.45) is 0. The van der Waals surface area contributed by atoms with Crippen molar-refractivity contribution < 1.29 is 17.9 Å². The SMILES string of the molecule is Cc1cccc(OC(=O)CNS(=O)(=O)c2ccc3[nH]c(=O)[nH]c3c2)c1. The van der Waals surface area contributed by atoms with E-state index in [4.69, 9.17) is 4.74 Å². The number of benzene rings is 2. The van der Waals surface area contributed by atoms with Gasteiger partial charge in [0.25, 0.3) is 0 Å². The Morgan fingerprint density at radius 2 is 1.88 bits per heavy atom. The zero-order valence-corrected chi connectivity index (χ0v) is 14.0. The normalized spacial score (nSPS) is 11.6. The molecule has 25 heavy (non-hydrogen) atoms. The van der Waals surface area contributed by atoms with Crippen molar-refractivity contribution in [2.24, 2.45) is 0 Å². The highest BCUT2D eigenvalue weighted by molar-refractivity contribution is 7.89. The van der Waals surface area contributed by atoms with Crippen LogP contribution in [0.1, 0.15) is 5.56 Å². The molecule has 0 bridgehead atoms. The first kappa shape index (κ1) is 16.9. The monoisotopic (exact) mass is 361 g/mol. The Kier molecular flexibility index (Phi) is 4.43. The molecule has 1 aromatic heterocycles. The maximum Gasteiger partial charge on any atom is 0.326 e. The number of rotatable bonds is 5. The first-order chi connectivity index (χ1) is 11.8. The Morgan fingerprint density at radius 1 is 1.12 bits per heavy atom. The molecule has 0 atom stereocenters. The summed E-state index contributed by atoms with van der Waals surface area (Å²) in [5.74, 6) is -0.388. The average molecular weight is 361 g/mol. The highest BCUT2D eigenvalue weighted by Gasteiger charge is 2.17. The van der Waals surface area contributed by atoms with Gasteiger partial charge in [0, 0.05) is 0 Å². The molecule has 0 saturated heterocycles. The predicted molar refractivity (Wildman–Crippen MR) is 90.9 cm³/mol. The molecule has 0 fully saturated rings. The molecule has 0 unspecified atom stereocenters. The number of hydrogen-bond acceptors (Lipinski definition) is 5. The number of aryl methyl sites for hydroxylation is 1. The van der Waals surface area contributed by atoms with Gasteiger partial charge in [-0.25, -0.2) is 13.2 Å². The number of imidazole rings is 1. The molecule has 2 aromatic carbocycles. The Bertz CT molecular complexity index is 1100. The van der Waals surface area contributed by atoms with Crippen molar-refractivity contribution >= 4 is 27.0 Å². The Labute approximate surface area is 142 Å².